The molecule has 0 aromatic rings. The largest absolute Gasteiger partial charge is 0.462 e. The number of esters is 2. The van der Waals surface area contributed by atoms with Crippen LogP contribution in [0.3, 0.4) is 0 Å². The Morgan fingerprint density at radius 1 is 1.16 bits per heavy atom. The molecule has 2 bridgehead atoms. The molecule has 174 valence electrons. The number of fused-ring (bicyclic) bond motifs is 4. The first-order valence-electron chi connectivity index (χ1n) is 11.3. The van der Waals surface area contributed by atoms with Crippen molar-refractivity contribution in [2.24, 2.45) is 23.7 Å². The fraction of sp³-hybridized carbons (Fsp3) is 0.826. The first-order valence-corrected chi connectivity index (χ1v) is 13.5. The summed E-state index contributed by atoms with van der Waals surface area (Å²) in [5, 5.41) is 10.7. The Balaban J connectivity index is 1.64. The molecule has 1 unspecified atom stereocenters. The number of aliphatic hydroxyl groups excluding tert-OH is 1. The highest BCUT2D eigenvalue weighted by Crippen LogP contribution is 2.51. The molecule has 1 aliphatic carbocycles. The lowest BCUT2D eigenvalue weighted by atomic mass is 9.80. The minimum atomic E-state index is -0.808. The summed E-state index contributed by atoms with van der Waals surface area (Å²) in [4.78, 5) is 25.7. The Hall–Kier alpha value is -0.700. The van der Waals surface area contributed by atoms with Gasteiger partial charge in [0.25, 0.3) is 0 Å². The van der Waals surface area contributed by atoms with E-state index in [9.17, 15) is 14.7 Å². The molecule has 0 aromatic carbocycles. The Morgan fingerprint density at radius 3 is 2.55 bits per heavy atom. The van der Waals surface area contributed by atoms with Gasteiger partial charge in [0.05, 0.1) is 34.4 Å². The molecule has 4 aliphatic rings. The van der Waals surface area contributed by atoms with E-state index in [1.165, 1.54) is 0 Å². The lowest BCUT2D eigenvalue weighted by Crippen LogP contribution is -2.39. The molecule has 3 aliphatic heterocycles. The molecule has 8 heteroatoms. The molecule has 31 heavy (non-hydrogen) atoms. The van der Waals surface area contributed by atoms with Crippen LogP contribution in [0.2, 0.25) is 0 Å². The van der Waals surface area contributed by atoms with Crippen LogP contribution < -0.4 is 0 Å². The summed E-state index contributed by atoms with van der Waals surface area (Å²) in [6, 6.07) is 0. The SMILES string of the molecule is CC(C)CSCC1C(=O)O[C@H]2C[C@]3(C)O[C@H]3[C@H](O)[C@@H](SCC(C)C)C3=C[C@@H](OC3=O)[C@H]12. The van der Waals surface area contributed by atoms with Crippen molar-refractivity contribution in [2.75, 3.05) is 17.3 Å². The van der Waals surface area contributed by atoms with Crippen molar-refractivity contribution in [1.29, 1.82) is 0 Å². The number of ether oxygens (including phenoxy) is 3. The maximum Gasteiger partial charge on any atom is 0.335 e. The average molecular weight is 471 g/mol. The van der Waals surface area contributed by atoms with Crippen LogP contribution in [-0.2, 0) is 23.8 Å². The zero-order valence-electron chi connectivity index (χ0n) is 18.9. The highest BCUT2D eigenvalue weighted by atomic mass is 32.2. The highest BCUT2D eigenvalue weighted by molar-refractivity contribution is 8.00. The van der Waals surface area contributed by atoms with Crippen LogP contribution in [0.25, 0.3) is 0 Å². The van der Waals surface area contributed by atoms with Crippen molar-refractivity contribution in [1.82, 2.24) is 0 Å². The summed E-state index contributed by atoms with van der Waals surface area (Å²) < 4.78 is 17.6. The van der Waals surface area contributed by atoms with Crippen molar-refractivity contribution in [2.45, 2.75) is 76.3 Å². The number of carbonyl (C=O) groups is 2. The second-order valence-electron chi connectivity index (χ2n) is 10.3. The van der Waals surface area contributed by atoms with Gasteiger partial charge in [-0.2, -0.15) is 23.5 Å². The fourth-order valence-corrected chi connectivity index (χ4v) is 7.41. The summed E-state index contributed by atoms with van der Waals surface area (Å²) in [5.41, 5.74) is -0.0471. The van der Waals surface area contributed by atoms with Gasteiger partial charge in [-0.25, -0.2) is 4.79 Å². The van der Waals surface area contributed by atoms with E-state index in [0.717, 1.165) is 11.5 Å². The quantitative estimate of drug-likeness (QED) is 0.449. The summed E-state index contributed by atoms with van der Waals surface area (Å²) in [6.45, 7) is 10.5. The molecule has 8 atom stereocenters. The summed E-state index contributed by atoms with van der Waals surface area (Å²) in [6.07, 6.45) is 0.294. The van der Waals surface area contributed by atoms with Gasteiger partial charge in [-0.05, 0) is 36.3 Å². The molecular weight excluding hydrogens is 436 g/mol. The van der Waals surface area contributed by atoms with Crippen LogP contribution >= 0.6 is 23.5 Å². The van der Waals surface area contributed by atoms with E-state index in [1.807, 2.05) is 13.0 Å². The Bertz CT molecular complexity index is 752. The third-order valence-corrected chi connectivity index (χ3v) is 9.75. The molecule has 3 heterocycles. The Labute approximate surface area is 193 Å². The first-order chi connectivity index (χ1) is 14.6. The molecule has 2 saturated heterocycles. The second kappa shape index (κ2) is 8.92. The van der Waals surface area contributed by atoms with Gasteiger partial charge in [0.15, 0.2) is 0 Å². The molecule has 2 fully saturated rings. The van der Waals surface area contributed by atoms with Crippen molar-refractivity contribution >= 4 is 35.5 Å². The maximum absolute atomic E-state index is 12.9. The monoisotopic (exact) mass is 470 g/mol. The number of aliphatic hydroxyl groups is 1. The molecule has 6 nitrogen and oxygen atoms in total. The van der Waals surface area contributed by atoms with Crippen molar-refractivity contribution in [3.8, 4) is 0 Å². The van der Waals surface area contributed by atoms with Gasteiger partial charge in [-0.1, -0.05) is 27.7 Å². The maximum atomic E-state index is 12.9. The van der Waals surface area contributed by atoms with Crippen molar-refractivity contribution < 1.29 is 28.9 Å². The molecule has 0 spiro atoms. The third kappa shape index (κ3) is 4.68. The molecule has 0 aromatic heterocycles. The summed E-state index contributed by atoms with van der Waals surface area (Å²) in [5.74, 6) is 2.29. The van der Waals surface area contributed by atoms with Gasteiger partial charge in [0.1, 0.15) is 18.3 Å². The Kier molecular flexibility index (Phi) is 6.75. The minimum absolute atomic E-state index is 0.213. The van der Waals surface area contributed by atoms with E-state index in [0.29, 0.717) is 29.6 Å². The molecule has 0 saturated carbocycles. The lowest BCUT2D eigenvalue weighted by Gasteiger charge is -2.27. The van der Waals surface area contributed by atoms with E-state index >= 15 is 0 Å². The normalized spacial score (nSPS) is 41.5. The number of hydrogen-bond acceptors (Lipinski definition) is 8. The topological polar surface area (TPSA) is 85.4 Å². The van der Waals surface area contributed by atoms with Gasteiger partial charge >= 0.3 is 11.9 Å². The van der Waals surface area contributed by atoms with E-state index in [1.54, 1.807) is 23.5 Å². The van der Waals surface area contributed by atoms with Crippen LogP contribution in [-0.4, -0.2) is 69.6 Å². The molecule has 4 rings (SSSR count). The third-order valence-electron chi connectivity index (χ3n) is 6.50. The van der Waals surface area contributed by atoms with Gasteiger partial charge in [0, 0.05) is 12.2 Å². The molecule has 1 N–H and O–H groups in total. The van der Waals surface area contributed by atoms with E-state index < -0.39 is 23.1 Å². The van der Waals surface area contributed by atoms with E-state index in [-0.39, 0.29) is 36.0 Å². The number of carbonyl (C=O) groups excluding carboxylic acids is 2. The number of hydrogen-bond donors (Lipinski definition) is 1. The molecular formula is C23H34O6S2. The van der Waals surface area contributed by atoms with Crippen LogP contribution in [0.4, 0.5) is 0 Å². The zero-order valence-corrected chi connectivity index (χ0v) is 20.5. The van der Waals surface area contributed by atoms with Gasteiger partial charge < -0.3 is 19.3 Å². The van der Waals surface area contributed by atoms with Crippen LogP contribution in [0.1, 0.15) is 41.0 Å². The minimum Gasteiger partial charge on any atom is -0.462 e. The van der Waals surface area contributed by atoms with E-state index in [4.69, 9.17) is 14.2 Å². The van der Waals surface area contributed by atoms with Crippen LogP contribution in [0.5, 0.6) is 0 Å². The molecule has 0 amide bonds. The van der Waals surface area contributed by atoms with Gasteiger partial charge in [0.2, 0.25) is 0 Å². The van der Waals surface area contributed by atoms with Gasteiger partial charge in [-0.15, -0.1) is 0 Å². The van der Waals surface area contributed by atoms with Crippen LogP contribution in [0.15, 0.2) is 11.6 Å². The first kappa shape index (κ1) is 23.5. The van der Waals surface area contributed by atoms with E-state index in [2.05, 4.69) is 27.7 Å². The molecule has 0 radical (unpaired) electrons. The lowest BCUT2D eigenvalue weighted by molar-refractivity contribution is -0.144. The average Bonchev–Trinajstić information content (AvgIpc) is 3.04. The van der Waals surface area contributed by atoms with Gasteiger partial charge in [-0.3, -0.25) is 4.79 Å². The predicted octanol–water partition coefficient (Wildman–Crippen LogP) is 3.07. The number of thioether (sulfide) groups is 2. The predicted molar refractivity (Wildman–Crippen MR) is 122 cm³/mol. The standard InChI is InChI=1S/C23H34O6S2/c1-11(2)8-30-10-14-17-15-6-13(21(25)27-15)19(31-9-12(3)4)18(24)20-23(5,29-20)7-16(17)28-22(14)26/h6,11-12,14-20,24H,7-10H2,1-5H3/t14?,15-,16+,17+,18-,19+,20+,23+/m1/s1. The number of rotatable bonds is 7. The smallest absolute Gasteiger partial charge is 0.335 e. The zero-order chi connectivity index (χ0) is 22.5. The fourth-order valence-electron chi connectivity index (χ4n) is 4.91. The highest BCUT2D eigenvalue weighted by Gasteiger charge is 2.64. The Morgan fingerprint density at radius 2 is 1.87 bits per heavy atom. The van der Waals surface area contributed by atoms with Crippen molar-refractivity contribution in [3.05, 3.63) is 11.6 Å². The summed E-state index contributed by atoms with van der Waals surface area (Å²) in [7, 11) is 0. The second-order valence-corrected chi connectivity index (χ2v) is 12.5. The summed E-state index contributed by atoms with van der Waals surface area (Å²) >= 11 is 3.34. The van der Waals surface area contributed by atoms with Crippen LogP contribution in [0, 0.1) is 23.7 Å². The van der Waals surface area contributed by atoms with Crippen molar-refractivity contribution in [3.63, 3.8) is 0 Å². The number of epoxide rings is 1.